The molecular formula is C28H30O2. The van der Waals surface area contributed by atoms with Crippen LogP contribution in [0.4, 0.5) is 0 Å². The fourth-order valence-corrected chi connectivity index (χ4v) is 6.27. The van der Waals surface area contributed by atoms with E-state index < -0.39 is 0 Å². The molecular weight excluding hydrogens is 368 g/mol. The van der Waals surface area contributed by atoms with Crippen molar-refractivity contribution in [3.63, 3.8) is 0 Å². The largest absolute Gasteiger partial charge is 0.508 e. The minimum atomic E-state index is 0.301. The average molecular weight is 399 g/mol. The van der Waals surface area contributed by atoms with E-state index >= 15 is 0 Å². The summed E-state index contributed by atoms with van der Waals surface area (Å²) in [5, 5.41) is 20.1. The Bertz CT molecular complexity index is 1000. The van der Waals surface area contributed by atoms with Gasteiger partial charge >= 0.3 is 0 Å². The quantitative estimate of drug-likeness (QED) is 0.515. The minimum absolute atomic E-state index is 0.301. The van der Waals surface area contributed by atoms with Crippen molar-refractivity contribution < 1.29 is 10.2 Å². The highest BCUT2D eigenvalue weighted by Crippen LogP contribution is 2.60. The fraction of sp³-hybridized carbons (Fsp3) is 0.357. The average Bonchev–Trinajstić information content (AvgIpc) is 3.35. The van der Waals surface area contributed by atoms with Crippen LogP contribution in [0, 0.1) is 31.6 Å². The van der Waals surface area contributed by atoms with Crippen LogP contribution in [0.15, 0.2) is 66.7 Å². The Kier molecular flexibility index (Phi) is 4.81. The van der Waals surface area contributed by atoms with E-state index in [1.807, 2.05) is 26.0 Å². The molecule has 30 heavy (non-hydrogen) atoms. The normalized spacial score (nSPS) is 25.2. The Morgan fingerprint density at radius 1 is 0.700 bits per heavy atom. The molecule has 2 bridgehead atoms. The van der Waals surface area contributed by atoms with Crippen molar-refractivity contribution in [2.75, 3.05) is 0 Å². The first-order valence-corrected chi connectivity index (χ1v) is 11.1. The summed E-state index contributed by atoms with van der Waals surface area (Å²) in [6.07, 6.45) is 3.83. The first-order valence-electron chi connectivity index (χ1n) is 11.1. The third-order valence-corrected chi connectivity index (χ3v) is 7.73. The Morgan fingerprint density at radius 2 is 1.30 bits per heavy atom. The maximum atomic E-state index is 10.1. The summed E-state index contributed by atoms with van der Waals surface area (Å²) in [6, 6.07) is 23.2. The highest BCUT2D eigenvalue weighted by Gasteiger charge is 2.49. The highest BCUT2D eigenvalue weighted by atomic mass is 16.3. The SMILES string of the molecule is Cc1cc(C(c2ccc(O)c(C)c2)C2CC3CC2C[C@@H]3c2ccccc2)ccc1O. The predicted molar refractivity (Wildman–Crippen MR) is 121 cm³/mol. The third kappa shape index (κ3) is 3.29. The van der Waals surface area contributed by atoms with Gasteiger partial charge in [0, 0.05) is 5.92 Å². The van der Waals surface area contributed by atoms with Crippen molar-refractivity contribution in [3.8, 4) is 11.5 Å². The molecule has 154 valence electrons. The Labute approximate surface area is 179 Å². The van der Waals surface area contributed by atoms with E-state index in [4.69, 9.17) is 0 Å². The lowest BCUT2D eigenvalue weighted by Gasteiger charge is -2.35. The molecule has 2 aliphatic rings. The van der Waals surface area contributed by atoms with Gasteiger partial charge in [0.1, 0.15) is 11.5 Å². The minimum Gasteiger partial charge on any atom is -0.508 e. The number of aryl methyl sites for hydroxylation is 2. The molecule has 0 spiro atoms. The van der Waals surface area contributed by atoms with Crippen molar-refractivity contribution in [1.29, 1.82) is 0 Å². The van der Waals surface area contributed by atoms with Crippen LogP contribution in [0.25, 0.3) is 0 Å². The maximum Gasteiger partial charge on any atom is 0.118 e. The van der Waals surface area contributed by atoms with E-state index in [2.05, 4.69) is 54.6 Å². The van der Waals surface area contributed by atoms with Gasteiger partial charge in [0.15, 0.2) is 0 Å². The summed E-state index contributed by atoms with van der Waals surface area (Å²) in [5.41, 5.74) is 5.92. The highest BCUT2D eigenvalue weighted by molar-refractivity contribution is 5.44. The summed E-state index contributed by atoms with van der Waals surface area (Å²) in [7, 11) is 0. The van der Waals surface area contributed by atoms with Gasteiger partial charge in [-0.2, -0.15) is 0 Å². The van der Waals surface area contributed by atoms with Gasteiger partial charge in [-0.3, -0.25) is 0 Å². The van der Waals surface area contributed by atoms with Gasteiger partial charge in [0.05, 0.1) is 0 Å². The van der Waals surface area contributed by atoms with Crippen LogP contribution in [-0.4, -0.2) is 10.2 Å². The summed E-state index contributed by atoms with van der Waals surface area (Å²) in [5.74, 6) is 3.78. The smallest absolute Gasteiger partial charge is 0.118 e. The third-order valence-electron chi connectivity index (χ3n) is 7.73. The lowest BCUT2D eigenvalue weighted by atomic mass is 9.69. The van der Waals surface area contributed by atoms with E-state index in [9.17, 15) is 10.2 Å². The van der Waals surface area contributed by atoms with Crippen molar-refractivity contribution in [2.24, 2.45) is 17.8 Å². The number of phenolic OH excluding ortho intramolecular Hbond substituents is 2. The second-order valence-corrected chi connectivity index (χ2v) is 9.48. The van der Waals surface area contributed by atoms with Crippen molar-refractivity contribution >= 4 is 0 Å². The summed E-state index contributed by atoms with van der Waals surface area (Å²) in [4.78, 5) is 0. The number of aromatic hydroxyl groups is 2. The molecule has 2 nitrogen and oxygen atoms in total. The van der Waals surface area contributed by atoms with Crippen LogP contribution in [0.5, 0.6) is 11.5 Å². The van der Waals surface area contributed by atoms with Gasteiger partial charge in [-0.05, 0) is 96.7 Å². The lowest BCUT2D eigenvalue weighted by molar-refractivity contribution is 0.280. The molecule has 0 aromatic heterocycles. The second-order valence-electron chi connectivity index (χ2n) is 9.48. The molecule has 0 saturated heterocycles. The van der Waals surface area contributed by atoms with Gasteiger partial charge < -0.3 is 10.2 Å². The molecule has 4 atom stereocenters. The molecule has 3 aromatic carbocycles. The van der Waals surface area contributed by atoms with Crippen LogP contribution in [0.3, 0.4) is 0 Å². The second kappa shape index (κ2) is 7.50. The predicted octanol–water partition coefficient (Wildman–Crippen LogP) is 6.68. The zero-order valence-electron chi connectivity index (χ0n) is 17.8. The molecule has 2 heteroatoms. The number of benzene rings is 3. The molecule has 3 unspecified atom stereocenters. The van der Waals surface area contributed by atoms with E-state index in [0.717, 1.165) is 17.0 Å². The van der Waals surface area contributed by atoms with Gasteiger partial charge in [-0.25, -0.2) is 0 Å². The van der Waals surface area contributed by atoms with Crippen LogP contribution in [0.2, 0.25) is 0 Å². The van der Waals surface area contributed by atoms with Crippen molar-refractivity contribution in [1.82, 2.24) is 0 Å². The molecule has 2 aliphatic carbocycles. The molecule has 2 saturated carbocycles. The zero-order chi connectivity index (χ0) is 20.8. The Balaban J connectivity index is 1.50. The molecule has 0 amide bonds. The van der Waals surface area contributed by atoms with E-state index in [1.165, 1.54) is 36.0 Å². The van der Waals surface area contributed by atoms with Gasteiger partial charge in [-0.1, -0.05) is 54.6 Å². The first-order chi connectivity index (χ1) is 14.5. The summed E-state index contributed by atoms with van der Waals surface area (Å²) >= 11 is 0. The van der Waals surface area contributed by atoms with E-state index in [0.29, 0.717) is 35.2 Å². The molecule has 5 rings (SSSR count). The zero-order valence-corrected chi connectivity index (χ0v) is 17.8. The monoisotopic (exact) mass is 398 g/mol. The number of fused-ring (bicyclic) bond motifs is 2. The Morgan fingerprint density at radius 3 is 1.80 bits per heavy atom. The molecule has 0 radical (unpaired) electrons. The van der Waals surface area contributed by atoms with E-state index in [1.54, 1.807) is 0 Å². The summed E-state index contributed by atoms with van der Waals surface area (Å²) in [6.45, 7) is 3.95. The number of hydrogen-bond donors (Lipinski definition) is 2. The first kappa shape index (κ1) is 19.2. The van der Waals surface area contributed by atoms with Crippen LogP contribution < -0.4 is 0 Å². The van der Waals surface area contributed by atoms with Crippen molar-refractivity contribution in [2.45, 2.75) is 44.9 Å². The number of phenols is 2. The molecule has 0 heterocycles. The van der Waals surface area contributed by atoms with Crippen LogP contribution >= 0.6 is 0 Å². The van der Waals surface area contributed by atoms with Crippen LogP contribution in [-0.2, 0) is 0 Å². The maximum absolute atomic E-state index is 10.1. The standard InChI is InChI=1S/C28H30O2/c1-17-12-20(8-10-26(17)29)28(21-9-11-27(30)18(2)13-21)25-16-22-14-23(25)15-24(22)19-6-4-3-5-7-19/h3-13,22-25,28-30H,14-16H2,1-2H3/t22?,23?,24-,25?/m1/s1. The molecule has 0 aliphatic heterocycles. The summed E-state index contributed by atoms with van der Waals surface area (Å²) < 4.78 is 0. The van der Waals surface area contributed by atoms with E-state index in [-0.39, 0.29) is 0 Å². The van der Waals surface area contributed by atoms with Gasteiger partial charge in [0.25, 0.3) is 0 Å². The topological polar surface area (TPSA) is 40.5 Å². The lowest BCUT2D eigenvalue weighted by Crippen LogP contribution is -2.23. The van der Waals surface area contributed by atoms with Crippen LogP contribution in [0.1, 0.15) is 58.9 Å². The molecule has 2 fully saturated rings. The molecule has 3 aromatic rings. The molecule has 2 N–H and O–H groups in total. The number of hydrogen-bond acceptors (Lipinski definition) is 2. The fourth-order valence-electron chi connectivity index (χ4n) is 6.27. The van der Waals surface area contributed by atoms with Gasteiger partial charge in [0.2, 0.25) is 0 Å². The van der Waals surface area contributed by atoms with Gasteiger partial charge in [-0.15, -0.1) is 0 Å². The van der Waals surface area contributed by atoms with Crippen molar-refractivity contribution in [3.05, 3.63) is 94.5 Å². The number of rotatable bonds is 4. The Hall–Kier alpha value is -2.74.